The minimum atomic E-state index is -4.89. The van der Waals surface area contributed by atoms with E-state index in [0.717, 1.165) is 24.1 Å². The second-order valence-electron chi connectivity index (χ2n) is 10.4. The van der Waals surface area contributed by atoms with Crippen molar-refractivity contribution in [1.29, 1.82) is 0 Å². The lowest BCUT2D eigenvalue weighted by Crippen LogP contribution is -2.52. The van der Waals surface area contributed by atoms with Gasteiger partial charge in [0.15, 0.2) is 0 Å². The van der Waals surface area contributed by atoms with Crippen molar-refractivity contribution >= 4 is 39.1 Å². The highest BCUT2D eigenvalue weighted by Gasteiger charge is 2.37. The normalized spacial score (nSPS) is 12.4. The van der Waals surface area contributed by atoms with Crippen LogP contribution >= 0.6 is 11.6 Å². The van der Waals surface area contributed by atoms with Crippen LogP contribution in [0, 0.1) is 6.92 Å². The van der Waals surface area contributed by atoms with E-state index >= 15 is 0 Å². The Hall–Kier alpha value is -3.77. The molecule has 3 aromatic rings. The quantitative estimate of drug-likeness (QED) is 0.196. The van der Waals surface area contributed by atoms with Gasteiger partial charge >= 0.3 is 6.18 Å². The predicted octanol–water partition coefficient (Wildman–Crippen LogP) is 6.59. The van der Waals surface area contributed by atoms with Gasteiger partial charge < -0.3 is 15.0 Å². The van der Waals surface area contributed by atoms with Crippen LogP contribution in [-0.2, 0) is 32.3 Å². The molecule has 8 nitrogen and oxygen atoms in total. The molecule has 0 heterocycles. The number of hydrogen-bond donors (Lipinski definition) is 1. The topological polar surface area (TPSA) is 96.0 Å². The highest BCUT2D eigenvalue weighted by molar-refractivity contribution is 7.92. The zero-order valence-corrected chi connectivity index (χ0v) is 27.1. The van der Waals surface area contributed by atoms with Crippen LogP contribution < -0.4 is 14.4 Å². The van der Waals surface area contributed by atoms with E-state index in [1.54, 1.807) is 50.2 Å². The fraction of sp³-hybridized carbons (Fsp3) is 0.375. The van der Waals surface area contributed by atoms with Crippen molar-refractivity contribution in [2.75, 3.05) is 24.5 Å². The number of benzene rings is 3. The highest BCUT2D eigenvalue weighted by atomic mass is 35.5. The Morgan fingerprint density at radius 2 is 1.71 bits per heavy atom. The van der Waals surface area contributed by atoms with Gasteiger partial charge in [-0.2, -0.15) is 13.2 Å². The molecule has 1 unspecified atom stereocenters. The van der Waals surface area contributed by atoms with Gasteiger partial charge in [0.2, 0.25) is 11.8 Å². The lowest BCUT2D eigenvalue weighted by Gasteiger charge is -2.33. The van der Waals surface area contributed by atoms with Gasteiger partial charge in [-0.15, -0.1) is 0 Å². The van der Waals surface area contributed by atoms with Crippen LogP contribution in [0.25, 0.3) is 0 Å². The molecule has 45 heavy (non-hydrogen) atoms. The number of carbonyl (C=O) groups excluding carboxylic acids is 2. The average Bonchev–Trinajstić information content (AvgIpc) is 2.99. The van der Waals surface area contributed by atoms with Crippen molar-refractivity contribution in [3.63, 3.8) is 0 Å². The van der Waals surface area contributed by atoms with Crippen molar-refractivity contribution < 1.29 is 35.9 Å². The van der Waals surface area contributed by atoms with Crippen LogP contribution in [0.1, 0.15) is 49.8 Å². The first-order chi connectivity index (χ1) is 21.2. The van der Waals surface area contributed by atoms with Gasteiger partial charge in [0.25, 0.3) is 10.0 Å². The predicted molar refractivity (Wildman–Crippen MR) is 168 cm³/mol. The van der Waals surface area contributed by atoms with Crippen LogP contribution in [0.15, 0.2) is 71.6 Å². The number of carbonyl (C=O) groups is 2. The summed E-state index contributed by atoms with van der Waals surface area (Å²) in [5.74, 6) is -0.722. The van der Waals surface area contributed by atoms with Crippen LogP contribution in [0.4, 0.5) is 18.9 Å². The van der Waals surface area contributed by atoms with Gasteiger partial charge in [0.1, 0.15) is 18.3 Å². The van der Waals surface area contributed by atoms with Gasteiger partial charge in [0, 0.05) is 13.1 Å². The molecule has 13 heteroatoms. The Labute approximate surface area is 267 Å². The molecule has 0 saturated heterocycles. The Bertz CT molecular complexity index is 1580. The van der Waals surface area contributed by atoms with E-state index in [9.17, 15) is 31.2 Å². The number of halogens is 4. The van der Waals surface area contributed by atoms with Crippen molar-refractivity contribution in [2.45, 2.75) is 63.7 Å². The van der Waals surface area contributed by atoms with E-state index in [1.165, 1.54) is 24.1 Å². The molecule has 3 rings (SSSR count). The molecule has 244 valence electrons. The highest BCUT2D eigenvalue weighted by Crippen LogP contribution is 2.38. The van der Waals surface area contributed by atoms with Gasteiger partial charge in [0.05, 0.1) is 28.3 Å². The van der Waals surface area contributed by atoms with Gasteiger partial charge in [-0.3, -0.25) is 13.9 Å². The zero-order chi connectivity index (χ0) is 33.4. The first kappa shape index (κ1) is 35.7. The third-order valence-electron chi connectivity index (χ3n) is 7.13. The number of ether oxygens (including phenoxy) is 1. The lowest BCUT2D eigenvalue weighted by atomic mass is 10.1. The van der Waals surface area contributed by atoms with Crippen LogP contribution in [0.3, 0.4) is 0 Å². The molecule has 0 aliphatic heterocycles. The number of hydrogen-bond acceptors (Lipinski definition) is 5. The smallest absolute Gasteiger partial charge is 0.417 e. The monoisotopic (exact) mass is 667 g/mol. The number of amides is 2. The summed E-state index contributed by atoms with van der Waals surface area (Å²) in [6.07, 6.45) is -3.15. The van der Waals surface area contributed by atoms with Crippen LogP contribution in [-0.4, -0.2) is 51.4 Å². The number of methoxy groups -OCH3 is 1. The lowest BCUT2D eigenvalue weighted by molar-refractivity contribution is -0.140. The average molecular weight is 668 g/mol. The van der Waals surface area contributed by atoms with Crippen LogP contribution in [0.5, 0.6) is 5.75 Å². The molecule has 0 spiro atoms. The largest absolute Gasteiger partial charge is 0.497 e. The number of sulfonamides is 1. The number of alkyl halides is 3. The van der Waals surface area contributed by atoms with Crippen molar-refractivity contribution in [3.8, 4) is 5.75 Å². The number of nitrogens with one attached hydrogen (secondary N) is 1. The molecular weight excluding hydrogens is 631 g/mol. The third-order valence-corrected chi connectivity index (χ3v) is 9.25. The molecule has 0 bridgehead atoms. The van der Waals surface area contributed by atoms with E-state index in [4.69, 9.17) is 16.3 Å². The minimum Gasteiger partial charge on any atom is -0.497 e. The van der Waals surface area contributed by atoms with Crippen LogP contribution in [0.2, 0.25) is 5.02 Å². The van der Waals surface area contributed by atoms with Crippen molar-refractivity contribution in [1.82, 2.24) is 10.2 Å². The number of nitrogens with zero attached hydrogens (tertiary/aromatic N) is 2. The second-order valence-corrected chi connectivity index (χ2v) is 12.7. The molecule has 0 saturated carbocycles. The van der Waals surface area contributed by atoms with E-state index in [1.807, 2.05) is 6.92 Å². The molecule has 3 aromatic carbocycles. The Morgan fingerprint density at radius 1 is 1.02 bits per heavy atom. The maximum absolute atomic E-state index is 14.2. The summed E-state index contributed by atoms with van der Waals surface area (Å²) in [5, 5.41) is 2.20. The van der Waals surface area contributed by atoms with Gasteiger partial charge in [-0.25, -0.2) is 8.42 Å². The fourth-order valence-electron chi connectivity index (χ4n) is 4.65. The van der Waals surface area contributed by atoms with Crippen molar-refractivity contribution in [3.05, 3.63) is 88.4 Å². The van der Waals surface area contributed by atoms with Gasteiger partial charge in [-0.1, -0.05) is 61.7 Å². The molecule has 1 atom stereocenters. The Balaban J connectivity index is 2.14. The summed E-state index contributed by atoms with van der Waals surface area (Å²) < 4.78 is 75.4. The summed E-state index contributed by atoms with van der Waals surface area (Å²) >= 11 is 5.83. The molecular formula is C32H37ClF3N3O5S. The number of rotatable bonds is 14. The summed E-state index contributed by atoms with van der Waals surface area (Å²) in [6, 6.07) is 14.2. The molecule has 0 radical (unpaired) electrons. The van der Waals surface area contributed by atoms with E-state index in [0.29, 0.717) is 34.7 Å². The Morgan fingerprint density at radius 3 is 2.31 bits per heavy atom. The maximum atomic E-state index is 14.2. The minimum absolute atomic E-state index is 0.0947. The maximum Gasteiger partial charge on any atom is 0.417 e. The van der Waals surface area contributed by atoms with E-state index in [-0.39, 0.29) is 17.9 Å². The SMILES string of the molecule is CCCCNC(=O)C(CC)N(Cc1cccc(OC)c1)C(=O)CN(c1ccc(Cl)c(C(F)(F)F)c1)S(=O)(=O)c1ccc(C)cc1. The molecule has 0 aliphatic rings. The first-order valence-electron chi connectivity index (χ1n) is 14.4. The molecule has 2 amide bonds. The standard InChI is InChI=1S/C32H37ClF3N3O5S/c1-5-7-17-37-31(41)29(6-2)38(20-23-9-8-10-25(18-23)44-4)30(40)21-39(45(42,43)26-14-11-22(3)12-15-26)24-13-16-28(33)27(19-24)32(34,35)36/h8-16,18-19,29H,5-7,17,20-21H2,1-4H3,(H,37,41). The number of aryl methyl sites for hydroxylation is 1. The summed E-state index contributed by atoms with van der Waals surface area (Å²) in [4.78, 5) is 28.5. The van der Waals surface area contributed by atoms with Crippen molar-refractivity contribution in [2.24, 2.45) is 0 Å². The summed E-state index contributed by atoms with van der Waals surface area (Å²) in [7, 11) is -3.09. The number of unbranched alkanes of at least 4 members (excludes halogenated alkanes) is 1. The molecule has 0 aliphatic carbocycles. The second kappa shape index (κ2) is 15.5. The fourth-order valence-corrected chi connectivity index (χ4v) is 6.28. The summed E-state index contributed by atoms with van der Waals surface area (Å²) in [5.41, 5.74) is -0.316. The van der Waals surface area contributed by atoms with E-state index in [2.05, 4.69) is 5.32 Å². The molecule has 1 N–H and O–H groups in total. The number of anilines is 1. The van der Waals surface area contributed by atoms with Gasteiger partial charge in [-0.05, 0) is 67.8 Å². The molecule has 0 fully saturated rings. The Kier molecular flexibility index (Phi) is 12.3. The van der Waals surface area contributed by atoms with E-state index < -0.39 is 56.9 Å². The molecule has 0 aromatic heterocycles. The third kappa shape index (κ3) is 9.13. The summed E-state index contributed by atoms with van der Waals surface area (Å²) in [6.45, 7) is 4.82. The first-order valence-corrected chi connectivity index (χ1v) is 16.2. The zero-order valence-electron chi connectivity index (χ0n) is 25.5.